The number of methoxy groups -OCH3 is 1. The van der Waals surface area contributed by atoms with Gasteiger partial charge in [-0.05, 0) is 24.1 Å². The third-order valence-electron chi connectivity index (χ3n) is 4.88. The number of ether oxygens (including phenoxy) is 1. The third-order valence-corrected chi connectivity index (χ3v) is 4.88. The summed E-state index contributed by atoms with van der Waals surface area (Å²) in [6.07, 6.45) is 0.923. The predicted molar refractivity (Wildman–Crippen MR) is 108 cm³/mol. The molecule has 6 heteroatoms. The lowest BCUT2D eigenvalue weighted by Crippen LogP contribution is -2.45. The summed E-state index contributed by atoms with van der Waals surface area (Å²) in [4.78, 5) is 37.7. The zero-order chi connectivity index (χ0) is 21.3. The van der Waals surface area contributed by atoms with Crippen molar-refractivity contribution in [3.05, 3.63) is 71.8 Å². The SMILES string of the molecule is CCC[C@@H](CC(=O)NC(=O)c1ccccc1)[C@](C#N)(C(=O)OC)c1ccccc1. The van der Waals surface area contributed by atoms with Crippen LogP contribution < -0.4 is 5.32 Å². The Morgan fingerprint density at radius 1 is 1.07 bits per heavy atom. The highest BCUT2D eigenvalue weighted by atomic mass is 16.5. The van der Waals surface area contributed by atoms with Gasteiger partial charge in [0.1, 0.15) is 0 Å². The van der Waals surface area contributed by atoms with Crippen LogP contribution in [0.2, 0.25) is 0 Å². The first kappa shape index (κ1) is 21.8. The van der Waals surface area contributed by atoms with Crippen molar-refractivity contribution < 1.29 is 19.1 Å². The van der Waals surface area contributed by atoms with Crippen LogP contribution in [0.1, 0.15) is 42.1 Å². The molecule has 6 nitrogen and oxygen atoms in total. The van der Waals surface area contributed by atoms with Crippen LogP contribution in [0.3, 0.4) is 0 Å². The van der Waals surface area contributed by atoms with E-state index in [4.69, 9.17) is 4.74 Å². The van der Waals surface area contributed by atoms with Crippen LogP contribution in [0.15, 0.2) is 60.7 Å². The minimum atomic E-state index is -1.64. The Kier molecular flexibility index (Phi) is 7.67. The van der Waals surface area contributed by atoms with Gasteiger partial charge in [0.2, 0.25) is 5.91 Å². The van der Waals surface area contributed by atoms with Crippen LogP contribution in [0.25, 0.3) is 0 Å². The van der Waals surface area contributed by atoms with Gasteiger partial charge in [-0.2, -0.15) is 5.26 Å². The first-order chi connectivity index (χ1) is 14.0. The number of nitriles is 1. The molecule has 0 unspecified atom stereocenters. The van der Waals surface area contributed by atoms with E-state index in [0.717, 1.165) is 0 Å². The minimum Gasteiger partial charge on any atom is -0.468 e. The number of esters is 1. The molecule has 2 amide bonds. The molecule has 0 aliphatic carbocycles. The van der Waals surface area contributed by atoms with E-state index in [2.05, 4.69) is 11.4 Å². The van der Waals surface area contributed by atoms with Gasteiger partial charge >= 0.3 is 5.97 Å². The Balaban J connectivity index is 2.33. The Labute approximate surface area is 170 Å². The van der Waals surface area contributed by atoms with Crippen LogP contribution in [-0.2, 0) is 19.7 Å². The molecule has 0 radical (unpaired) electrons. The third kappa shape index (κ3) is 4.88. The number of imide groups is 1. The Bertz CT molecular complexity index is 890. The average molecular weight is 392 g/mol. The van der Waals surface area contributed by atoms with E-state index < -0.39 is 29.1 Å². The number of nitrogens with one attached hydrogen (secondary N) is 1. The molecule has 1 N–H and O–H groups in total. The summed E-state index contributed by atoms with van der Waals surface area (Å²) in [5, 5.41) is 12.4. The smallest absolute Gasteiger partial charge is 0.331 e. The van der Waals surface area contributed by atoms with Crippen LogP contribution in [0.4, 0.5) is 0 Å². The molecule has 0 aliphatic rings. The van der Waals surface area contributed by atoms with Crippen molar-refractivity contribution >= 4 is 17.8 Å². The zero-order valence-corrected chi connectivity index (χ0v) is 16.6. The monoisotopic (exact) mass is 392 g/mol. The number of benzene rings is 2. The molecule has 2 aromatic carbocycles. The molecule has 0 fully saturated rings. The van der Waals surface area contributed by atoms with Crippen molar-refractivity contribution in [2.75, 3.05) is 7.11 Å². The van der Waals surface area contributed by atoms with E-state index >= 15 is 0 Å². The standard InChI is InChI=1S/C23H24N2O4/c1-3-10-19(15-20(26)25-21(27)17-11-6-4-7-12-17)23(16-24,22(28)29-2)18-13-8-5-9-14-18/h4-9,11-14,19H,3,10,15H2,1-2H3,(H,25,26,27)/t19-,23+/m0/s1. The number of carbonyl (C=O) groups excluding carboxylic acids is 3. The first-order valence-corrected chi connectivity index (χ1v) is 9.44. The Morgan fingerprint density at radius 2 is 1.66 bits per heavy atom. The van der Waals surface area contributed by atoms with Gasteiger partial charge in [0.15, 0.2) is 5.41 Å². The Morgan fingerprint density at radius 3 is 2.17 bits per heavy atom. The number of hydrogen-bond acceptors (Lipinski definition) is 5. The van der Waals surface area contributed by atoms with Crippen LogP contribution in [0.5, 0.6) is 0 Å². The largest absolute Gasteiger partial charge is 0.468 e. The molecule has 0 bridgehead atoms. The summed E-state index contributed by atoms with van der Waals surface area (Å²) < 4.78 is 4.96. The number of carbonyl (C=O) groups is 3. The summed E-state index contributed by atoms with van der Waals surface area (Å²) in [6.45, 7) is 1.91. The second-order valence-corrected chi connectivity index (χ2v) is 6.71. The van der Waals surface area contributed by atoms with E-state index in [1.165, 1.54) is 7.11 Å². The van der Waals surface area contributed by atoms with Crippen molar-refractivity contribution in [3.63, 3.8) is 0 Å². The first-order valence-electron chi connectivity index (χ1n) is 9.44. The summed E-state index contributed by atoms with van der Waals surface area (Å²) >= 11 is 0. The summed E-state index contributed by atoms with van der Waals surface area (Å²) in [5.74, 6) is -2.44. The number of nitrogens with zero attached hydrogens (tertiary/aromatic N) is 1. The molecule has 0 aromatic heterocycles. The van der Waals surface area contributed by atoms with Gasteiger partial charge in [0.05, 0.1) is 13.2 Å². The van der Waals surface area contributed by atoms with Gasteiger partial charge in [0, 0.05) is 17.9 Å². The maximum absolute atomic E-state index is 12.8. The van der Waals surface area contributed by atoms with Gasteiger partial charge in [-0.1, -0.05) is 61.9 Å². The minimum absolute atomic E-state index is 0.163. The number of amides is 2. The molecule has 0 saturated heterocycles. The second kappa shape index (κ2) is 10.2. The van der Waals surface area contributed by atoms with Crippen molar-refractivity contribution in [2.45, 2.75) is 31.6 Å². The van der Waals surface area contributed by atoms with Crippen molar-refractivity contribution in [3.8, 4) is 6.07 Å². The molecular formula is C23H24N2O4. The molecule has 2 atom stereocenters. The fourth-order valence-corrected chi connectivity index (χ4v) is 3.47. The molecule has 0 saturated carbocycles. The van der Waals surface area contributed by atoms with Gasteiger partial charge in [-0.25, -0.2) is 4.79 Å². The zero-order valence-electron chi connectivity index (χ0n) is 16.6. The van der Waals surface area contributed by atoms with Gasteiger partial charge in [-0.3, -0.25) is 14.9 Å². The highest BCUT2D eigenvalue weighted by Gasteiger charge is 2.49. The molecule has 150 valence electrons. The van der Waals surface area contributed by atoms with Crippen molar-refractivity contribution in [1.82, 2.24) is 5.32 Å². The fourth-order valence-electron chi connectivity index (χ4n) is 3.47. The topological polar surface area (TPSA) is 96.3 Å². The molecule has 29 heavy (non-hydrogen) atoms. The maximum atomic E-state index is 12.8. The molecular weight excluding hydrogens is 368 g/mol. The highest BCUT2D eigenvalue weighted by molar-refractivity contribution is 6.04. The lowest BCUT2D eigenvalue weighted by molar-refractivity contribution is -0.147. The quantitative estimate of drug-likeness (QED) is 0.695. The molecule has 0 heterocycles. The van der Waals surface area contributed by atoms with E-state index in [1.54, 1.807) is 60.7 Å². The van der Waals surface area contributed by atoms with E-state index in [-0.39, 0.29) is 6.42 Å². The molecule has 0 spiro atoms. The average Bonchev–Trinajstić information content (AvgIpc) is 2.75. The van der Waals surface area contributed by atoms with Gasteiger partial charge in [0.25, 0.3) is 5.91 Å². The van der Waals surface area contributed by atoms with Gasteiger partial charge in [-0.15, -0.1) is 0 Å². The second-order valence-electron chi connectivity index (χ2n) is 6.71. The van der Waals surface area contributed by atoms with Crippen molar-refractivity contribution in [2.24, 2.45) is 5.92 Å². The predicted octanol–water partition coefficient (Wildman–Crippen LogP) is 3.38. The highest BCUT2D eigenvalue weighted by Crippen LogP contribution is 2.38. The lowest BCUT2D eigenvalue weighted by atomic mass is 9.68. The maximum Gasteiger partial charge on any atom is 0.331 e. The lowest BCUT2D eigenvalue weighted by Gasteiger charge is -2.32. The summed E-state index contributed by atoms with van der Waals surface area (Å²) in [6, 6.07) is 19.1. The van der Waals surface area contributed by atoms with E-state index in [0.29, 0.717) is 24.0 Å². The molecule has 0 aliphatic heterocycles. The molecule has 2 rings (SSSR count). The normalized spacial score (nSPS) is 13.4. The fraction of sp³-hybridized carbons (Fsp3) is 0.304. The molecule has 2 aromatic rings. The number of rotatable bonds is 8. The number of hydrogen-bond donors (Lipinski definition) is 1. The summed E-state index contributed by atoms with van der Waals surface area (Å²) in [5.41, 5.74) is -0.815. The van der Waals surface area contributed by atoms with Crippen LogP contribution in [0, 0.1) is 17.2 Å². The van der Waals surface area contributed by atoms with Gasteiger partial charge < -0.3 is 4.74 Å². The Hall–Kier alpha value is -3.46. The van der Waals surface area contributed by atoms with Crippen LogP contribution in [-0.4, -0.2) is 24.9 Å². The van der Waals surface area contributed by atoms with E-state index in [9.17, 15) is 19.6 Å². The van der Waals surface area contributed by atoms with E-state index in [1.807, 2.05) is 6.92 Å². The van der Waals surface area contributed by atoms with Crippen molar-refractivity contribution in [1.29, 1.82) is 5.26 Å². The summed E-state index contributed by atoms with van der Waals surface area (Å²) in [7, 11) is 1.22. The van der Waals surface area contributed by atoms with Crippen LogP contribution >= 0.6 is 0 Å².